The van der Waals surface area contributed by atoms with Crippen LogP contribution in [0.2, 0.25) is 0 Å². The molecule has 3 atom stereocenters. The number of aliphatic hydroxyl groups is 1. The molecule has 1 saturated heterocycles. The van der Waals surface area contributed by atoms with Crippen molar-refractivity contribution in [3.63, 3.8) is 0 Å². The SMILES string of the molecule is CCNC(=NCC(O)COCC1CC1)NC1CC(C)N(Cc2ccccc2)C1.I. The van der Waals surface area contributed by atoms with Gasteiger partial charge in [-0.15, -0.1) is 24.0 Å². The highest BCUT2D eigenvalue weighted by atomic mass is 127. The van der Waals surface area contributed by atoms with Crippen molar-refractivity contribution in [2.24, 2.45) is 10.9 Å². The molecule has 0 amide bonds. The lowest BCUT2D eigenvalue weighted by atomic mass is 10.2. The fourth-order valence-corrected chi connectivity index (χ4v) is 3.66. The molecular weight excluding hydrogens is 479 g/mol. The molecule has 0 radical (unpaired) electrons. The summed E-state index contributed by atoms with van der Waals surface area (Å²) < 4.78 is 5.56. The molecule has 7 heteroatoms. The normalized spacial score (nSPS) is 23.5. The minimum Gasteiger partial charge on any atom is -0.389 e. The van der Waals surface area contributed by atoms with Gasteiger partial charge in [-0.3, -0.25) is 9.89 Å². The average molecular weight is 516 g/mol. The smallest absolute Gasteiger partial charge is 0.191 e. The van der Waals surface area contributed by atoms with E-state index in [0.717, 1.165) is 44.5 Å². The van der Waals surface area contributed by atoms with E-state index in [0.29, 0.717) is 25.2 Å². The van der Waals surface area contributed by atoms with E-state index in [9.17, 15) is 5.11 Å². The number of aliphatic hydroxyl groups excluding tert-OH is 1. The lowest BCUT2D eigenvalue weighted by molar-refractivity contribution is 0.0368. The van der Waals surface area contributed by atoms with Crippen molar-refractivity contribution < 1.29 is 9.84 Å². The molecule has 2 fully saturated rings. The number of hydrogen-bond acceptors (Lipinski definition) is 4. The van der Waals surface area contributed by atoms with E-state index in [2.05, 4.69) is 64.7 Å². The van der Waals surface area contributed by atoms with Crippen LogP contribution in [0.5, 0.6) is 0 Å². The Balaban J connectivity index is 0.00000300. The van der Waals surface area contributed by atoms with Crippen LogP contribution in [0.1, 0.15) is 38.7 Å². The maximum Gasteiger partial charge on any atom is 0.191 e. The second-order valence-corrected chi connectivity index (χ2v) is 8.20. The van der Waals surface area contributed by atoms with Gasteiger partial charge in [0.2, 0.25) is 0 Å². The third-order valence-electron chi connectivity index (χ3n) is 5.44. The lowest BCUT2D eigenvalue weighted by Crippen LogP contribution is -2.45. The molecule has 1 aromatic carbocycles. The van der Waals surface area contributed by atoms with Crippen molar-refractivity contribution in [3.8, 4) is 0 Å². The Morgan fingerprint density at radius 2 is 2.07 bits per heavy atom. The molecular formula is C22H37IN4O2. The fraction of sp³-hybridized carbons (Fsp3) is 0.682. The van der Waals surface area contributed by atoms with E-state index < -0.39 is 6.10 Å². The van der Waals surface area contributed by atoms with Crippen LogP contribution >= 0.6 is 24.0 Å². The number of likely N-dealkylation sites (tertiary alicyclic amines) is 1. The highest BCUT2D eigenvalue weighted by Gasteiger charge is 2.29. The number of aliphatic imine (C=N–C) groups is 1. The van der Waals surface area contributed by atoms with Crippen LogP contribution < -0.4 is 10.6 Å². The third-order valence-corrected chi connectivity index (χ3v) is 5.44. The number of nitrogens with one attached hydrogen (secondary N) is 2. The molecule has 2 aliphatic rings. The Kier molecular flexibility index (Phi) is 10.7. The Bertz CT molecular complexity index is 612. The first-order valence-corrected chi connectivity index (χ1v) is 10.7. The van der Waals surface area contributed by atoms with Crippen LogP contribution in [0.4, 0.5) is 0 Å². The molecule has 3 unspecified atom stereocenters. The molecule has 1 heterocycles. The largest absolute Gasteiger partial charge is 0.389 e. The molecule has 29 heavy (non-hydrogen) atoms. The number of nitrogens with zero attached hydrogens (tertiary/aromatic N) is 2. The molecule has 164 valence electrons. The van der Waals surface area contributed by atoms with Crippen molar-refractivity contribution in [1.29, 1.82) is 0 Å². The minimum absolute atomic E-state index is 0. The number of benzene rings is 1. The van der Waals surface area contributed by atoms with Gasteiger partial charge in [0.15, 0.2) is 5.96 Å². The van der Waals surface area contributed by atoms with Crippen LogP contribution in [0, 0.1) is 5.92 Å². The number of hydrogen-bond donors (Lipinski definition) is 3. The summed E-state index contributed by atoms with van der Waals surface area (Å²) in [6.45, 7) is 8.62. The molecule has 1 aliphatic heterocycles. The van der Waals surface area contributed by atoms with E-state index in [1.807, 2.05) is 0 Å². The predicted octanol–water partition coefficient (Wildman–Crippen LogP) is 2.61. The summed E-state index contributed by atoms with van der Waals surface area (Å²) in [5.74, 6) is 1.50. The van der Waals surface area contributed by atoms with E-state index in [4.69, 9.17) is 4.74 Å². The predicted molar refractivity (Wildman–Crippen MR) is 129 cm³/mol. The summed E-state index contributed by atoms with van der Waals surface area (Å²) in [5.41, 5.74) is 1.35. The number of halogens is 1. The highest BCUT2D eigenvalue weighted by Crippen LogP contribution is 2.28. The molecule has 1 aliphatic carbocycles. The quantitative estimate of drug-likeness (QED) is 0.254. The van der Waals surface area contributed by atoms with Crippen LogP contribution in [0.25, 0.3) is 0 Å². The van der Waals surface area contributed by atoms with Gasteiger partial charge in [-0.1, -0.05) is 30.3 Å². The van der Waals surface area contributed by atoms with Crippen molar-refractivity contribution in [3.05, 3.63) is 35.9 Å². The van der Waals surface area contributed by atoms with Gasteiger partial charge in [0.05, 0.1) is 19.3 Å². The molecule has 0 spiro atoms. The van der Waals surface area contributed by atoms with Crippen molar-refractivity contribution in [2.75, 3.05) is 32.8 Å². The van der Waals surface area contributed by atoms with Gasteiger partial charge in [-0.2, -0.15) is 0 Å². The standard InChI is InChI=1S/C22H36N4O2.HI/c1-3-23-22(24-12-21(27)16-28-15-19-9-10-19)25-20-11-17(2)26(14-20)13-18-7-5-4-6-8-18;/h4-8,17,19-21,27H,3,9-16H2,1-2H3,(H2,23,24,25);1H. The zero-order valence-corrected chi connectivity index (χ0v) is 20.0. The first-order valence-electron chi connectivity index (χ1n) is 10.7. The average Bonchev–Trinajstić information content (AvgIpc) is 3.44. The fourth-order valence-electron chi connectivity index (χ4n) is 3.66. The molecule has 1 aromatic rings. The maximum atomic E-state index is 10.1. The van der Waals surface area contributed by atoms with Gasteiger partial charge < -0.3 is 20.5 Å². The van der Waals surface area contributed by atoms with Crippen molar-refractivity contribution >= 4 is 29.9 Å². The Labute approximate surface area is 192 Å². The molecule has 1 saturated carbocycles. The van der Waals surface area contributed by atoms with Gasteiger partial charge in [-0.25, -0.2) is 0 Å². The summed E-state index contributed by atoms with van der Waals surface area (Å²) in [4.78, 5) is 7.08. The van der Waals surface area contributed by atoms with Crippen LogP contribution in [-0.2, 0) is 11.3 Å². The zero-order chi connectivity index (χ0) is 19.8. The van der Waals surface area contributed by atoms with Gasteiger partial charge in [-0.05, 0) is 44.6 Å². The Morgan fingerprint density at radius 3 is 2.76 bits per heavy atom. The van der Waals surface area contributed by atoms with E-state index in [-0.39, 0.29) is 24.0 Å². The van der Waals surface area contributed by atoms with Gasteiger partial charge in [0, 0.05) is 38.3 Å². The van der Waals surface area contributed by atoms with Gasteiger partial charge in [0.1, 0.15) is 0 Å². The van der Waals surface area contributed by atoms with Gasteiger partial charge in [0.25, 0.3) is 0 Å². The van der Waals surface area contributed by atoms with Crippen LogP contribution in [-0.4, -0.2) is 67.0 Å². The summed E-state index contributed by atoms with van der Waals surface area (Å²) in [7, 11) is 0. The summed E-state index contributed by atoms with van der Waals surface area (Å²) >= 11 is 0. The molecule has 6 nitrogen and oxygen atoms in total. The summed E-state index contributed by atoms with van der Waals surface area (Å²) in [6.07, 6.45) is 3.07. The topological polar surface area (TPSA) is 69.1 Å². The number of guanidine groups is 1. The van der Waals surface area contributed by atoms with Crippen molar-refractivity contribution in [1.82, 2.24) is 15.5 Å². The van der Waals surface area contributed by atoms with E-state index in [1.54, 1.807) is 0 Å². The first-order chi connectivity index (χ1) is 13.6. The Morgan fingerprint density at radius 1 is 1.31 bits per heavy atom. The van der Waals surface area contributed by atoms with E-state index in [1.165, 1.54) is 18.4 Å². The number of ether oxygens (including phenoxy) is 1. The Hall–Kier alpha value is -0.900. The monoisotopic (exact) mass is 516 g/mol. The highest BCUT2D eigenvalue weighted by molar-refractivity contribution is 14.0. The second-order valence-electron chi connectivity index (χ2n) is 8.20. The summed E-state index contributed by atoms with van der Waals surface area (Å²) in [6, 6.07) is 11.5. The molecule has 0 bridgehead atoms. The third kappa shape index (κ3) is 8.78. The van der Waals surface area contributed by atoms with Crippen LogP contribution in [0.3, 0.4) is 0 Å². The number of rotatable bonds is 10. The minimum atomic E-state index is -0.550. The first kappa shape index (κ1) is 24.4. The zero-order valence-electron chi connectivity index (χ0n) is 17.7. The summed E-state index contributed by atoms with van der Waals surface area (Å²) in [5, 5.41) is 17.0. The molecule has 3 rings (SSSR count). The second kappa shape index (κ2) is 12.7. The van der Waals surface area contributed by atoms with Crippen LogP contribution in [0.15, 0.2) is 35.3 Å². The van der Waals surface area contributed by atoms with Crippen molar-refractivity contribution in [2.45, 2.75) is 57.8 Å². The van der Waals surface area contributed by atoms with E-state index >= 15 is 0 Å². The molecule has 3 N–H and O–H groups in total. The van der Waals surface area contributed by atoms with Gasteiger partial charge >= 0.3 is 0 Å². The lowest BCUT2D eigenvalue weighted by Gasteiger charge is -2.21. The maximum absolute atomic E-state index is 10.1. The molecule has 0 aromatic heterocycles.